The van der Waals surface area contributed by atoms with Gasteiger partial charge in [-0.1, -0.05) is 31.6 Å². The van der Waals surface area contributed by atoms with E-state index in [0.29, 0.717) is 18.3 Å². The van der Waals surface area contributed by atoms with Crippen molar-refractivity contribution in [3.63, 3.8) is 0 Å². The van der Waals surface area contributed by atoms with Crippen molar-refractivity contribution in [1.29, 1.82) is 0 Å². The van der Waals surface area contributed by atoms with E-state index in [1.807, 2.05) is 6.08 Å². The summed E-state index contributed by atoms with van der Waals surface area (Å²) in [6, 6.07) is 0.184. The van der Waals surface area contributed by atoms with Gasteiger partial charge in [0.15, 0.2) is 0 Å². The molecule has 0 aromatic rings. The second-order valence-corrected chi connectivity index (χ2v) is 9.61. The Morgan fingerprint density at radius 3 is 2.54 bits per heavy atom. The first kappa shape index (κ1) is 19.4. The molecular formula is C23H32N2O3. The Bertz CT molecular complexity index is 811. The molecule has 0 aromatic carbocycles. The highest BCUT2D eigenvalue weighted by Crippen LogP contribution is 2.63. The lowest BCUT2D eigenvalue weighted by Crippen LogP contribution is -2.51. The number of allylic oxidation sites excluding steroid dienone is 3. The summed E-state index contributed by atoms with van der Waals surface area (Å²) in [6.07, 6.45) is 10.5. The molecule has 4 aliphatic carbocycles. The maximum atomic E-state index is 12.0. The van der Waals surface area contributed by atoms with Crippen LogP contribution in [0.3, 0.4) is 0 Å². The van der Waals surface area contributed by atoms with Crippen molar-refractivity contribution < 1.29 is 14.7 Å². The van der Waals surface area contributed by atoms with Crippen LogP contribution < -0.4 is 10.6 Å². The molecule has 2 unspecified atom stereocenters. The molecule has 0 aliphatic heterocycles. The maximum absolute atomic E-state index is 12.0. The Kier molecular flexibility index (Phi) is 4.57. The lowest BCUT2D eigenvalue weighted by atomic mass is 9.52. The van der Waals surface area contributed by atoms with Crippen molar-refractivity contribution in [2.45, 2.75) is 71.9 Å². The Morgan fingerprint density at radius 2 is 1.86 bits per heavy atom. The van der Waals surface area contributed by atoms with Crippen LogP contribution in [0, 0.1) is 22.7 Å². The Morgan fingerprint density at radius 1 is 1.11 bits per heavy atom. The normalized spacial score (nSPS) is 41.5. The molecule has 0 radical (unpaired) electrons. The standard InChI is InChI=1S/C23H32N2O3/c1-13(26)24-19-12-15-11-16(28)7-9-22(15,3)18-8-10-23(4)17(21(18)19)5-6-20(23)25-14(2)27/h7,9,12,16-18,20,28H,5-6,8,10-11H2,1-4H3,(H,24,26)(H,25,27)/t16?,17-,18+,20?,22-,23-/m0/s1. The van der Waals surface area contributed by atoms with Crippen molar-refractivity contribution in [1.82, 2.24) is 10.6 Å². The number of hydrogen-bond acceptors (Lipinski definition) is 3. The average Bonchev–Trinajstić information content (AvgIpc) is 2.92. The van der Waals surface area contributed by atoms with Crippen molar-refractivity contribution in [3.8, 4) is 0 Å². The summed E-state index contributed by atoms with van der Waals surface area (Å²) in [5.74, 6) is 0.649. The SMILES string of the molecule is CC(=O)NC1=C2[C@@H](CC[C@]3(C)C(NC(C)=O)CC[C@@H]23)[C@@]2(C)C=CC(O)CC2=C1. The molecule has 5 heteroatoms. The third-order valence-corrected chi connectivity index (χ3v) is 7.89. The van der Waals surface area contributed by atoms with Crippen LogP contribution in [0.15, 0.2) is 35.1 Å². The first-order chi connectivity index (χ1) is 13.1. The molecule has 0 bridgehead atoms. The molecule has 28 heavy (non-hydrogen) atoms. The molecule has 0 spiro atoms. The van der Waals surface area contributed by atoms with Crippen LogP contribution in [0.2, 0.25) is 0 Å². The van der Waals surface area contributed by atoms with Gasteiger partial charge in [-0.3, -0.25) is 9.59 Å². The van der Waals surface area contributed by atoms with E-state index in [4.69, 9.17) is 0 Å². The van der Waals surface area contributed by atoms with Gasteiger partial charge >= 0.3 is 0 Å². The number of carbonyl (C=O) groups excluding carboxylic acids is 2. The largest absolute Gasteiger partial charge is 0.389 e. The third kappa shape index (κ3) is 2.86. The zero-order valence-corrected chi connectivity index (χ0v) is 17.3. The molecule has 2 amide bonds. The van der Waals surface area contributed by atoms with Gasteiger partial charge in [0.2, 0.25) is 11.8 Å². The van der Waals surface area contributed by atoms with E-state index >= 15 is 0 Å². The topological polar surface area (TPSA) is 78.4 Å². The molecule has 0 aromatic heterocycles. The Hall–Kier alpha value is -1.88. The van der Waals surface area contributed by atoms with E-state index in [0.717, 1.165) is 31.4 Å². The van der Waals surface area contributed by atoms with E-state index in [1.54, 1.807) is 13.8 Å². The first-order valence-electron chi connectivity index (χ1n) is 10.5. The summed E-state index contributed by atoms with van der Waals surface area (Å²) < 4.78 is 0. The lowest BCUT2D eigenvalue weighted by Gasteiger charge is -2.54. The predicted molar refractivity (Wildman–Crippen MR) is 108 cm³/mol. The fourth-order valence-corrected chi connectivity index (χ4v) is 6.47. The van der Waals surface area contributed by atoms with Gasteiger partial charge in [0.1, 0.15) is 0 Å². The van der Waals surface area contributed by atoms with Gasteiger partial charge < -0.3 is 15.7 Å². The second-order valence-electron chi connectivity index (χ2n) is 9.61. The van der Waals surface area contributed by atoms with E-state index in [-0.39, 0.29) is 28.7 Å². The summed E-state index contributed by atoms with van der Waals surface area (Å²) in [4.78, 5) is 23.7. The molecule has 4 aliphatic rings. The minimum absolute atomic E-state index is 0.0147. The van der Waals surface area contributed by atoms with E-state index in [2.05, 4.69) is 36.6 Å². The number of aliphatic hydroxyl groups is 1. The van der Waals surface area contributed by atoms with Gasteiger partial charge in [-0.2, -0.15) is 0 Å². The number of aliphatic hydroxyl groups excluding tert-OH is 1. The minimum atomic E-state index is -0.455. The third-order valence-electron chi connectivity index (χ3n) is 7.89. The van der Waals surface area contributed by atoms with Crippen LogP contribution in [0.25, 0.3) is 0 Å². The fraction of sp³-hybridized carbons (Fsp3) is 0.652. The zero-order valence-electron chi connectivity index (χ0n) is 17.3. The van der Waals surface area contributed by atoms with Crippen LogP contribution >= 0.6 is 0 Å². The summed E-state index contributed by atoms with van der Waals surface area (Å²) in [7, 11) is 0. The maximum Gasteiger partial charge on any atom is 0.221 e. The van der Waals surface area contributed by atoms with Crippen LogP contribution in [-0.4, -0.2) is 29.1 Å². The van der Waals surface area contributed by atoms with Gasteiger partial charge in [-0.25, -0.2) is 0 Å². The van der Waals surface area contributed by atoms with Gasteiger partial charge in [-0.05, 0) is 61.0 Å². The number of rotatable bonds is 2. The molecular weight excluding hydrogens is 352 g/mol. The highest BCUT2D eigenvalue weighted by molar-refractivity contribution is 5.76. The number of hydrogen-bond donors (Lipinski definition) is 3. The van der Waals surface area contributed by atoms with Crippen LogP contribution in [0.4, 0.5) is 0 Å². The number of fused-ring (bicyclic) bond motifs is 5. The second kappa shape index (κ2) is 6.58. The smallest absolute Gasteiger partial charge is 0.221 e. The molecule has 0 saturated heterocycles. The highest BCUT2D eigenvalue weighted by atomic mass is 16.3. The summed E-state index contributed by atoms with van der Waals surface area (Å²) >= 11 is 0. The van der Waals surface area contributed by atoms with Crippen molar-refractivity contribution in [2.24, 2.45) is 22.7 Å². The Balaban J connectivity index is 1.81. The number of nitrogens with one attached hydrogen (secondary N) is 2. The van der Waals surface area contributed by atoms with E-state index in [9.17, 15) is 14.7 Å². The zero-order chi connectivity index (χ0) is 20.3. The lowest BCUT2D eigenvalue weighted by molar-refractivity contribution is -0.120. The summed E-state index contributed by atoms with van der Waals surface area (Å²) in [5.41, 5.74) is 3.40. The number of amides is 2. The minimum Gasteiger partial charge on any atom is -0.389 e. The summed E-state index contributed by atoms with van der Waals surface area (Å²) in [6.45, 7) is 7.74. The molecule has 5 nitrogen and oxygen atoms in total. The molecule has 6 atom stereocenters. The van der Waals surface area contributed by atoms with Crippen molar-refractivity contribution >= 4 is 11.8 Å². The summed E-state index contributed by atoms with van der Waals surface area (Å²) in [5, 5.41) is 16.5. The quantitative estimate of drug-likeness (QED) is 0.641. The van der Waals surface area contributed by atoms with Gasteiger partial charge in [0.25, 0.3) is 0 Å². The van der Waals surface area contributed by atoms with Gasteiger partial charge in [0, 0.05) is 31.0 Å². The van der Waals surface area contributed by atoms with Crippen LogP contribution in [0.5, 0.6) is 0 Å². The van der Waals surface area contributed by atoms with E-state index < -0.39 is 6.10 Å². The fourth-order valence-electron chi connectivity index (χ4n) is 6.47. The molecule has 3 N–H and O–H groups in total. The average molecular weight is 385 g/mol. The molecule has 152 valence electrons. The van der Waals surface area contributed by atoms with E-state index in [1.165, 1.54) is 11.1 Å². The molecule has 2 fully saturated rings. The van der Waals surface area contributed by atoms with Crippen molar-refractivity contribution in [3.05, 3.63) is 35.1 Å². The van der Waals surface area contributed by atoms with Gasteiger partial charge in [-0.15, -0.1) is 0 Å². The van der Waals surface area contributed by atoms with Gasteiger partial charge in [0.05, 0.1) is 6.10 Å². The monoisotopic (exact) mass is 384 g/mol. The highest BCUT2D eigenvalue weighted by Gasteiger charge is 2.57. The molecule has 2 saturated carbocycles. The van der Waals surface area contributed by atoms with Crippen molar-refractivity contribution in [2.75, 3.05) is 0 Å². The van der Waals surface area contributed by atoms with Crippen LogP contribution in [-0.2, 0) is 9.59 Å². The predicted octanol–water partition coefficient (Wildman–Crippen LogP) is 2.97. The van der Waals surface area contributed by atoms with Crippen LogP contribution in [0.1, 0.15) is 59.8 Å². The molecule has 4 rings (SSSR count). The first-order valence-corrected chi connectivity index (χ1v) is 10.5. The number of carbonyl (C=O) groups is 2. The molecule has 0 heterocycles. The Labute approximate surface area is 167 Å².